The zero-order valence-corrected chi connectivity index (χ0v) is 43.7. The van der Waals surface area contributed by atoms with Gasteiger partial charge >= 0.3 is 5.97 Å². The van der Waals surface area contributed by atoms with Crippen molar-refractivity contribution >= 4 is 58.2 Å². The first-order chi connectivity index (χ1) is 34.0. The normalized spacial score (nSPS) is 20.5. The molecule has 17 heteroatoms. The van der Waals surface area contributed by atoms with Crippen molar-refractivity contribution < 1.29 is 33.4 Å². The first-order valence-electron chi connectivity index (χ1n) is 23.9. The number of nitrogens with one attached hydrogen (secondary N) is 2. The Hall–Kier alpha value is -7.01. The predicted molar refractivity (Wildman–Crippen MR) is 274 cm³/mol. The highest BCUT2D eigenvalue weighted by atomic mass is 35.5. The van der Waals surface area contributed by atoms with Crippen molar-refractivity contribution in [1.82, 2.24) is 35.2 Å². The highest BCUT2D eigenvalue weighted by Gasteiger charge is 2.67. The van der Waals surface area contributed by atoms with Crippen LogP contribution in [0.15, 0.2) is 78.6 Å². The Balaban J connectivity index is 0.896. The minimum atomic E-state index is -1.04. The molecule has 1 aliphatic carbocycles. The molecule has 2 aromatic heterocycles. The Morgan fingerprint density at radius 1 is 1.00 bits per heavy atom. The molecule has 4 amide bonds. The van der Waals surface area contributed by atoms with Crippen LogP contribution >= 0.6 is 22.9 Å². The zero-order valence-electron chi connectivity index (χ0n) is 42.1. The van der Waals surface area contributed by atoms with Crippen molar-refractivity contribution in [1.29, 1.82) is 0 Å². The summed E-state index contributed by atoms with van der Waals surface area (Å²) in [5.74, 6) is 4.97. The summed E-state index contributed by atoms with van der Waals surface area (Å²) >= 11 is 7.87. The van der Waals surface area contributed by atoms with Crippen LogP contribution in [0.5, 0.6) is 5.75 Å². The number of carbonyl (C=O) groups excluding carboxylic acids is 5. The molecule has 3 aliphatic rings. The number of thiazole rings is 1. The molecule has 0 spiro atoms. The van der Waals surface area contributed by atoms with Crippen LogP contribution in [0.3, 0.4) is 0 Å². The zero-order chi connectivity index (χ0) is 52.0. The van der Waals surface area contributed by atoms with E-state index < -0.39 is 64.2 Å². The number of fused-ring (bicyclic) bond motifs is 1. The molecule has 5 aromatic rings. The molecule has 1 saturated heterocycles. The lowest BCUT2D eigenvalue weighted by Crippen LogP contribution is -2.74. The maximum atomic E-state index is 14.5. The number of amides is 4. The summed E-state index contributed by atoms with van der Waals surface area (Å²) in [7, 11) is 0. The molecular formula is C55H59ClN8O7S. The van der Waals surface area contributed by atoms with E-state index in [1.54, 1.807) is 47.4 Å². The van der Waals surface area contributed by atoms with Gasteiger partial charge in [0.25, 0.3) is 5.91 Å². The van der Waals surface area contributed by atoms with Gasteiger partial charge in [0.2, 0.25) is 23.4 Å². The molecule has 374 valence electrons. The van der Waals surface area contributed by atoms with Crippen LogP contribution in [-0.4, -0.2) is 91.0 Å². The van der Waals surface area contributed by atoms with Gasteiger partial charge in [-0.1, -0.05) is 102 Å². The number of aryl methyl sites for hydroxylation is 1. The van der Waals surface area contributed by atoms with E-state index in [4.69, 9.17) is 27.6 Å². The molecule has 4 heterocycles. The SMILES string of the molecule is [C-]#[N+]c1ccc(OC2C(C)(C)C(N3Cc4cc(C#Cc5cnn(CC(=O)N[C@H](C(=O)N6C[C@H](OC(C)=O)C[C@H]6C(=O)N[C@@H](C)c6ccc(-c7scnc7C)cc6)C(C)(C)C)c5)ccc4C3=O)C2(C)C)cc1Cl. The number of esters is 1. The number of halogens is 1. The minimum Gasteiger partial charge on any atom is -0.489 e. The van der Waals surface area contributed by atoms with Crippen molar-refractivity contribution in [3.8, 4) is 28.0 Å². The predicted octanol–water partition coefficient (Wildman–Crippen LogP) is 8.70. The summed E-state index contributed by atoms with van der Waals surface area (Å²) in [5.41, 5.74) is 6.20. The van der Waals surface area contributed by atoms with Gasteiger partial charge in [-0.2, -0.15) is 5.10 Å². The van der Waals surface area contributed by atoms with Gasteiger partial charge in [0.05, 0.1) is 52.0 Å². The van der Waals surface area contributed by atoms with Gasteiger partial charge in [-0.05, 0) is 66.3 Å². The lowest BCUT2D eigenvalue weighted by Gasteiger charge is -2.65. The minimum absolute atomic E-state index is 0.0120. The fourth-order valence-electron chi connectivity index (χ4n) is 11.0. The molecule has 15 nitrogen and oxygen atoms in total. The van der Waals surface area contributed by atoms with Gasteiger partial charge in [0.15, 0.2) is 0 Å². The summed E-state index contributed by atoms with van der Waals surface area (Å²) in [6.45, 7) is 26.5. The molecule has 2 fully saturated rings. The maximum absolute atomic E-state index is 14.5. The number of hydrogen-bond donors (Lipinski definition) is 2. The second-order valence-electron chi connectivity index (χ2n) is 21.2. The topological polar surface area (TPSA) is 169 Å². The van der Waals surface area contributed by atoms with Crippen molar-refractivity contribution in [2.45, 2.75) is 125 Å². The number of carbonyl (C=O) groups is 5. The fourth-order valence-corrected chi connectivity index (χ4v) is 12.0. The average Bonchev–Trinajstić information content (AvgIpc) is 4.12. The summed E-state index contributed by atoms with van der Waals surface area (Å²) < 4.78 is 13.4. The number of hydrogen-bond acceptors (Lipinski definition) is 10. The van der Waals surface area contributed by atoms with E-state index in [2.05, 4.69) is 65.1 Å². The lowest BCUT2D eigenvalue weighted by molar-refractivity contribution is -0.199. The third-order valence-electron chi connectivity index (χ3n) is 14.0. The van der Waals surface area contributed by atoms with E-state index in [0.29, 0.717) is 39.7 Å². The second-order valence-corrected chi connectivity index (χ2v) is 22.5. The largest absolute Gasteiger partial charge is 0.489 e. The highest BCUT2D eigenvalue weighted by Crippen LogP contribution is 2.59. The van der Waals surface area contributed by atoms with Gasteiger partial charge in [-0.25, -0.2) is 9.83 Å². The van der Waals surface area contributed by atoms with E-state index in [9.17, 15) is 24.0 Å². The Morgan fingerprint density at radius 3 is 2.35 bits per heavy atom. The monoisotopic (exact) mass is 1010 g/mol. The molecule has 8 rings (SSSR count). The van der Waals surface area contributed by atoms with E-state index in [0.717, 1.165) is 27.3 Å². The van der Waals surface area contributed by atoms with Crippen LogP contribution in [0.2, 0.25) is 5.02 Å². The van der Waals surface area contributed by atoms with Gasteiger partial charge in [0.1, 0.15) is 36.6 Å². The Labute approximate surface area is 429 Å². The highest BCUT2D eigenvalue weighted by molar-refractivity contribution is 7.13. The smallest absolute Gasteiger partial charge is 0.302 e. The number of likely N-dealkylation sites (tertiary alicyclic amines) is 1. The van der Waals surface area contributed by atoms with Gasteiger partial charge in [0, 0.05) is 54.1 Å². The summed E-state index contributed by atoms with van der Waals surface area (Å²) in [6, 6.07) is 16.0. The summed E-state index contributed by atoms with van der Waals surface area (Å²) in [6.07, 6.45) is 2.36. The second kappa shape index (κ2) is 19.9. The van der Waals surface area contributed by atoms with Gasteiger partial charge in [-0.15, -0.1) is 11.3 Å². The number of benzene rings is 3. The standard InChI is InChI=1S/C55H59ClN8O7S/c1-31(36-15-17-37(18-16-36)46-32(2)58-30-72-46)60-48(67)44-24-40(70-33(3)65)28-63(44)50(69)47(53(4,5)6)61-45(66)29-62-26-35(25-59-62)13-12-34-14-20-41-38(22-34)27-64(49(41)68)51-54(7,8)52(55(51,9)10)71-39-19-21-43(57-11)42(56)23-39/h14-23,25-26,30-31,40,44,47,51-52H,24,27-29H2,1-10H3,(H,60,67)(H,61,66)/t31-,40+,44-,47+,51?,52?/m0/s1. The molecule has 0 bridgehead atoms. The Kier molecular flexibility index (Phi) is 14.2. The average molecular weight is 1010 g/mol. The molecule has 2 aliphatic heterocycles. The number of nitrogens with zero attached hydrogens (tertiary/aromatic N) is 6. The van der Waals surface area contributed by atoms with E-state index >= 15 is 0 Å². The van der Waals surface area contributed by atoms with Crippen molar-refractivity contribution in [3.63, 3.8) is 0 Å². The van der Waals surface area contributed by atoms with E-state index in [1.165, 1.54) is 16.5 Å². The molecule has 4 atom stereocenters. The van der Waals surface area contributed by atoms with Crippen molar-refractivity contribution in [2.75, 3.05) is 6.54 Å². The molecule has 0 unspecified atom stereocenters. The first-order valence-corrected chi connectivity index (χ1v) is 25.1. The fraction of sp³-hybridized carbons (Fsp3) is 0.418. The van der Waals surface area contributed by atoms with Crippen molar-refractivity contribution in [3.05, 3.63) is 129 Å². The Morgan fingerprint density at radius 2 is 1.71 bits per heavy atom. The molecular weight excluding hydrogens is 952 g/mol. The Bertz CT molecular complexity index is 3050. The third kappa shape index (κ3) is 10.3. The van der Waals surface area contributed by atoms with Crippen LogP contribution in [-0.2, 0) is 37.0 Å². The van der Waals surface area contributed by atoms with Crippen LogP contribution in [0.4, 0.5) is 5.69 Å². The summed E-state index contributed by atoms with van der Waals surface area (Å²) in [4.78, 5) is 80.3. The van der Waals surface area contributed by atoms with Crippen LogP contribution in [0.1, 0.15) is 113 Å². The van der Waals surface area contributed by atoms with Crippen LogP contribution < -0.4 is 15.4 Å². The molecule has 72 heavy (non-hydrogen) atoms. The quantitative estimate of drug-likeness (QED) is 0.0706. The van der Waals surface area contributed by atoms with Crippen LogP contribution in [0.25, 0.3) is 15.3 Å². The van der Waals surface area contributed by atoms with Gasteiger partial charge < -0.3 is 29.9 Å². The maximum Gasteiger partial charge on any atom is 0.302 e. The molecule has 0 radical (unpaired) electrons. The van der Waals surface area contributed by atoms with Gasteiger partial charge in [-0.3, -0.25) is 28.7 Å². The van der Waals surface area contributed by atoms with Crippen LogP contribution in [0, 0.1) is 41.6 Å². The van der Waals surface area contributed by atoms with Crippen molar-refractivity contribution in [2.24, 2.45) is 16.2 Å². The summed E-state index contributed by atoms with van der Waals surface area (Å²) in [5, 5.41) is 10.7. The van der Waals surface area contributed by atoms with E-state index in [-0.39, 0.29) is 37.6 Å². The molecule has 2 N–H and O–H groups in total. The molecule has 1 saturated carbocycles. The number of rotatable bonds is 12. The number of ether oxygens (including phenoxy) is 2. The molecule has 3 aromatic carbocycles. The third-order valence-corrected chi connectivity index (χ3v) is 15.3. The first kappa shape index (κ1) is 51.3. The lowest BCUT2D eigenvalue weighted by atomic mass is 9.49. The number of aromatic nitrogens is 3. The van der Waals surface area contributed by atoms with E-state index in [1.807, 2.05) is 82.0 Å².